The largest absolute Gasteiger partial charge is 0.472 e. The van der Waals surface area contributed by atoms with Gasteiger partial charge in [0.25, 0.3) is 0 Å². The molecular formula is C19H23ClN2O3. The van der Waals surface area contributed by atoms with Crippen LogP contribution in [0.3, 0.4) is 0 Å². The van der Waals surface area contributed by atoms with Crippen LogP contribution in [0.15, 0.2) is 30.3 Å². The van der Waals surface area contributed by atoms with E-state index in [1.165, 1.54) is 0 Å². The van der Waals surface area contributed by atoms with Crippen LogP contribution in [0, 0.1) is 5.92 Å². The normalized spacial score (nSPS) is 20.8. The number of pyridine rings is 1. The van der Waals surface area contributed by atoms with Crippen molar-refractivity contribution in [3.05, 3.63) is 35.5 Å². The third kappa shape index (κ3) is 4.15. The van der Waals surface area contributed by atoms with Gasteiger partial charge in [0.2, 0.25) is 5.88 Å². The molecule has 25 heavy (non-hydrogen) atoms. The third-order valence-corrected chi connectivity index (χ3v) is 4.33. The molecular weight excluding hydrogens is 340 g/mol. The van der Waals surface area contributed by atoms with E-state index in [0.717, 1.165) is 10.8 Å². The van der Waals surface area contributed by atoms with E-state index in [9.17, 15) is 4.79 Å². The molecule has 1 aliphatic rings. The minimum absolute atomic E-state index is 0.151. The summed E-state index contributed by atoms with van der Waals surface area (Å²) in [5.74, 6) is 0.679. The number of benzene rings is 1. The Morgan fingerprint density at radius 1 is 1.28 bits per heavy atom. The summed E-state index contributed by atoms with van der Waals surface area (Å²) >= 11 is 6.12. The molecule has 0 radical (unpaired) electrons. The Hall–Kier alpha value is -2.01. The Morgan fingerprint density at radius 2 is 2.00 bits per heavy atom. The maximum atomic E-state index is 12.3. The fourth-order valence-corrected chi connectivity index (χ4v) is 3.13. The quantitative estimate of drug-likeness (QED) is 0.737. The molecule has 0 saturated carbocycles. The van der Waals surface area contributed by atoms with Crippen molar-refractivity contribution >= 4 is 28.5 Å². The van der Waals surface area contributed by atoms with Crippen LogP contribution in [-0.2, 0) is 4.74 Å². The van der Waals surface area contributed by atoms with Gasteiger partial charge in [-0.3, -0.25) is 0 Å². The molecule has 2 atom stereocenters. The summed E-state index contributed by atoms with van der Waals surface area (Å²) in [6.07, 6.45) is -0.462. The zero-order chi connectivity index (χ0) is 18.2. The van der Waals surface area contributed by atoms with Crippen molar-refractivity contribution < 1.29 is 14.3 Å². The lowest BCUT2D eigenvalue weighted by Crippen LogP contribution is -2.36. The van der Waals surface area contributed by atoms with Crippen LogP contribution in [0.1, 0.15) is 27.7 Å². The lowest BCUT2D eigenvalue weighted by molar-refractivity contribution is 0.0274. The highest BCUT2D eigenvalue weighted by atomic mass is 35.5. The fraction of sp³-hybridized carbons (Fsp3) is 0.474. The SMILES string of the molecule is CC1CN(C(=O)OC(C)(C)C)CC1Oc1nc(Cl)cc2ccccc12. The second kappa shape index (κ2) is 6.71. The third-order valence-electron chi connectivity index (χ3n) is 4.13. The number of amides is 1. The smallest absolute Gasteiger partial charge is 0.410 e. The first-order chi connectivity index (χ1) is 11.7. The Labute approximate surface area is 152 Å². The number of hydrogen-bond donors (Lipinski definition) is 0. The number of rotatable bonds is 2. The molecule has 2 unspecified atom stereocenters. The molecule has 6 heteroatoms. The number of fused-ring (bicyclic) bond motifs is 1. The van der Waals surface area contributed by atoms with Gasteiger partial charge in [0.15, 0.2) is 0 Å². The lowest BCUT2D eigenvalue weighted by Gasteiger charge is -2.24. The molecule has 1 aromatic heterocycles. The summed E-state index contributed by atoms with van der Waals surface area (Å²) in [4.78, 5) is 18.3. The first-order valence-electron chi connectivity index (χ1n) is 8.43. The molecule has 3 rings (SSSR count). The molecule has 0 N–H and O–H groups in total. The molecule has 5 nitrogen and oxygen atoms in total. The highest BCUT2D eigenvalue weighted by Crippen LogP contribution is 2.30. The van der Waals surface area contributed by atoms with Crippen molar-refractivity contribution in [2.24, 2.45) is 5.92 Å². The molecule has 1 aliphatic heterocycles. The molecule has 2 aromatic rings. The van der Waals surface area contributed by atoms with Crippen molar-refractivity contribution in [1.29, 1.82) is 0 Å². The zero-order valence-electron chi connectivity index (χ0n) is 15.0. The van der Waals surface area contributed by atoms with Gasteiger partial charge in [-0.15, -0.1) is 0 Å². The standard InChI is InChI=1S/C19H23ClN2O3/c1-12-10-22(18(23)25-19(2,3)4)11-15(12)24-17-14-8-6-5-7-13(14)9-16(20)21-17/h5-9,12,15H,10-11H2,1-4H3. The number of ether oxygens (including phenoxy) is 2. The molecule has 1 saturated heterocycles. The number of halogens is 1. The van der Waals surface area contributed by atoms with E-state index in [1.54, 1.807) is 4.90 Å². The number of likely N-dealkylation sites (tertiary alicyclic amines) is 1. The maximum Gasteiger partial charge on any atom is 0.410 e. The maximum absolute atomic E-state index is 12.3. The minimum Gasteiger partial charge on any atom is -0.472 e. The van der Waals surface area contributed by atoms with E-state index in [1.807, 2.05) is 51.1 Å². The monoisotopic (exact) mass is 362 g/mol. The van der Waals surface area contributed by atoms with Gasteiger partial charge in [-0.25, -0.2) is 9.78 Å². The van der Waals surface area contributed by atoms with Gasteiger partial charge in [0, 0.05) is 17.8 Å². The number of hydrogen-bond acceptors (Lipinski definition) is 4. The van der Waals surface area contributed by atoms with Gasteiger partial charge in [-0.05, 0) is 38.3 Å². The van der Waals surface area contributed by atoms with Crippen LogP contribution in [0.4, 0.5) is 4.79 Å². The van der Waals surface area contributed by atoms with E-state index in [4.69, 9.17) is 21.1 Å². The van der Waals surface area contributed by atoms with Crippen molar-refractivity contribution in [3.63, 3.8) is 0 Å². The number of carbonyl (C=O) groups is 1. The summed E-state index contributed by atoms with van der Waals surface area (Å²) < 4.78 is 11.6. The van der Waals surface area contributed by atoms with Crippen LogP contribution in [0.5, 0.6) is 5.88 Å². The van der Waals surface area contributed by atoms with Crippen LogP contribution in [0.25, 0.3) is 10.8 Å². The molecule has 1 aromatic carbocycles. The molecule has 134 valence electrons. The Bertz CT molecular complexity index is 788. The minimum atomic E-state index is -0.510. The average molecular weight is 363 g/mol. The van der Waals surface area contributed by atoms with E-state index >= 15 is 0 Å². The van der Waals surface area contributed by atoms with E-state index < -0.39 is 5.60 Å². The molecule has 0 spiro atoms. The summed E-state index contributed by atoms with van der Waals surface area (Å²) in [6.45, 7) is 8.71. The number of nitrogens with zero attached hydrogens (tertiary/aromatic N) is 2. The van der Waals surface area contributed by atoms with Gasteiger partial charge in [-0.2, -0.15) is 0 Å². The van der Waals surface area contributed by atoms with Crippen molar-refractivity contribution in [2.75, 3.05) is 13.1 Å². The summed E-state index contributed by atoms with van der Waals surface area (Å²) in [5, 5.41) is 2.28. The molecule has 1 amide bonds. The van der Waals surface area contributed by atoms with Crippen molar-refractivity contribution in [3.8, 4) is 5.88 Å². The Kier molecular flexibility index (Phi) is 4.78. The zero-order valence-corrected chi connectivity index (χ0v) is 15.7. The van der Waals surface area contributed by atoms with Crippen LogP contribution in [-0.4, -0.2) is 40.8 Å². The van der Waals surface area contributed by atoms with E-state index in [2.05, 4.69) is 11.9 Å². The van der Waals surface area contributed by atoms with Gasteiger partial charge in [0.05, 0.1) is 6.54 Å². The van der Waals surface area contributed by atoms with Gasteiger partial charge in [-0.1, -0.05) is 36.7 Å². The summed E-state index contributed by atoms with van der Waals surface area (Å²) in [7, 11) is 0. The highest BCUT2D eigenvalue weighted by molar-refractivity contribution is 6.30. The Morgan fingerprint density at radius 3 is 2.72 bits per heavy atom. The molecule has 1 fully saturated rings. The first-order valence-corrected chi connectivity index (χ1v) is 8.80. The second-order valence-corrected chi connectivity index (χ2v) is 7.88. The van der Waals surface area contributed by atoms with Crippen molar-refractivity contribution in [1.82, 2.24) is 9.88 Å². The van der Waals surface area contributed by atoms with E-state index in [0.29, 0.717) is 24.1 Å². The van der Waals surface area contributed by atoms with E-state index in [-0.39, 0.29) is 18.1 Å². The summed E-state index contributed by atoms with van der Waals surface area (Å²) in [6, 6.07) is 9.63. The predicted molar refractivity (Wildman–Crippen MR) is 98.1 cm³/mol. The topological polar surface area (TPSA) is 51.7 Å². The molecule has 2 heterocycles. The van der Waals surface area contributed by atoms with Crippen LogP contribution in [0.2, 0.25) is 5.15 Å². The second-order valence-electron chi connectivity index (χ2n) is 7.49. The van der Waals surface area contributed by atoms with Gasteiger partial charge >= 0.3 is 6.09 Å². The first kappa shape index (κ1) is 17.8. The number of aromatic nitrogens is 1. The van der Waals surface area contributed by atoms with Crippen LogP contribution >= 0.6 is 11.6 Å². The van der Waals surface area contributed by atoms with Gasteiger partial charge in [0.1, 0.15) is 16.9 Å². The predicted octanol–water partition coefficient (Wildman–Crippen LogP) is 4.52. The van der Waals surface area contributed by atoms with Crippen molar-refractivity contribution in [2.45, 2.75) is 39.4 Å². The van der Waals surface area contributed by atoms with Gasteiger partial charge < -0.3 is 14.4 Å². The lowest BCUT2D eigenvalue weighted by atomic mass is 10.1. The average Bonchev–Trinajstić information content (AvgIpc) is 2.87. The Balaban J connectivity index is 1.77. The fourth-order valence-electron chi connectivity index (χ4n) is 2.93. The number of carbonyl (C=O) groups excluding carboxylic acids is 1. The summed E-state index contributed by atoms with van der Waals surface area (Å²) in [5.41, 5.74) is -0.510. The molecule has 0 bridgehead atoms. The molecule has 0 aliphatic carbocycles. The van der Waals surface area contributed by atoms with Crippen LogP contribution < -0.4 is 4.74 Å². The highest BCUT2D eigenvalue weighted by Gasteiger charge is 2.36.